The lowest BCUT2D eigenvalue weighted by Crippen LogP contribution is -2.69. The van der Waals surface area contributed by atoms with Crippen LogP contribution >= 0.6 is 0 Å². The summed E-state index contributed by atoms with van der Waals surface area (Å²) in [5, 5.41) is 76.3. The highest BCUT2D eigenvalue weighted by Gasteiger charge is 2.53. The van der Waals surface area contributed by atoms with E-state index in [1.807, 2.05) is 0 Å². The first-order valence-corrected chi connectivity index (χ1v) is 14.0. The molecular weight excluding hydrogens is 548 g/mol. The minimum Gasteiger partial charge on any atom is -0.394 e. The van der Waals surface area contributed by atoms with Crippen molar-refractivity contribution >= 4 is 5.91 Å². The summed E-state index contributed by atoms with van der Waals surface area (Å²) in [6.45, 7) is -0.871. The number of carbonyl (C=O) groups is 1. The van der Waals surface area contributed by atoms with Crippen LogP contribution in [0.1, 0.15) is 19.3 Å². The molecular formula is C24H48N6O11. The fraction of sp³-hybridized carbons (Fsp3) is 0.958. The second-order valence-corrected chi connectivity index (χ2v) is 11.2. The summed E-state index contributed by atoms with van der Waals surface area (Å²) in [6, 6.07) is -3.49. The minimum absolute atomic E-state index is 0.0501. The molecule has 0 radical (unpaired) electrons. The average molecular weight is 597 g/mol. The third-order valence-electron chi connectivity index (χ3n) is 8.17. The zero-order valence-corrected chi connectivity index (χ0v) is 22.9. The van der Waals surface area contributed by atoms with Gasteiger partial charge in [-0.05, 0) is 19.3 Å². The van der Waals surface area contributed by atoms with Gasteiger partial charge in [-0.1, -0.05) is 0 Å². The van der Waals surface area contributed by atoms with E-state index in [0.29, 0.717) is 19.4 Å². The van der Waals surface area contributed by atoms with Crippen LogP contribution < -0.4 is 33.6 Å². The Balaban J connectivity index is 1.82. The number of hydrogen-bond donors (Lipinski definition) is 13. The molecule has 3 rings (SSSR count). The monoisotopic (exact) mass is 596 g/mol. The first kappa shape index (κ1) is 34.4. The summed E-state index contributed by atoms with van der Waals surface area (Å²) in [7, 11) is 0. The number of aliphatic hydroxyl groups excluding tert-OH is 7. The summed E-state index contributed by atoms with van der Waals surface area (Å²) in [4.78, 5) is 12.5. The predicted molar refractivity (Wildman–Crippen MR) is 142 cm³/mol. The summed E-state index contributed by atoms with van der Waals surface area (Å²) >= 11 is 0. The van der Waals surface area contributed by atoms with Gasteiger partial charge in [0.2, 0.25) is 5.91 Å². The van der Waals surface area contributed by atoms with Crippen LogP contribution in [0.4, 0.5) is 0 Å². The average Bonchev–Trinajstić information content (AvgIpc) is 2.95. The van der Waals surface area contributed by atoms with Gasteiger partial charge in [-0.15, -0.1) is 0 Å². The van der Waals surface area contributed by atoms with Crippen LogP contribution in [0.2, 0.25) is 0 Å². The van der Waals surface area contributed by atoms with Gasteiger partial charge < -0.3 is 83.5 Å². The van der Waals surface area contributed by atoms with E-state index in [0.717, 1.165) is 0 Å². The molecule has 17 N–H and O–H groups in total. The first-order chi connectivity index (χ1) is 19.4. The smallest absolute Gasteiger partial charge is 0.250 e. The standard InChI is InChI=1S/C24H48N6O11/c25-4-14(34)23(38)30-13-3-12(27)16(21-11(26)2-1-10(39-21)6-29-5-9(33)7-31)19(36)22(13)41-24-20(37)17(28)18(35)15(8-32)40-24/h9-22,24,29,31-37H,1-8,25-28H2,(H,30,38). The molecule has 3 fully saturated rings. The SMILES string of the molecule is NCC(O)C(=O)NC1CC(N)C(C2OC(CNCC(O)CO)CCC2N)C(O)C1OC1OC(CO)C(O)C(N)C1O. The van der Waals surface area contributed by atoms with Crippen molar-refractivity contribution in [1.82, 2.24) is 10.6 Å². The fourth-order valence-electron chi connectivity index (χ4n) is 5.75. The highest BCUT2D eigenvalue weighted by molar-refractivity contribution is 5.81. The lowest BCUT2D eigenvalue weighted by atomic mass is 9.72. The number of aliphatic hydroxyl groups is 7. The van der Waals surface area contributed by atoms with E-state index in [4.69, 9.17) is 42.3 Å². The van der Waals surface area contributed by atoms with Gasteiger partial charge in [0, 0.05) is 37.6 Å². The third kappa shape index (κ3) is 8.28. The van der Waals surface area contributed by atoms with Crippen molar-refractivity contribution in [2.75, 3.05) is 32.8 Å². The number of nitrogens with one attached hydrogen (secondary N) is 2. The van der Waals surface area contributed by atoms with Crippen LogP contribution in [0.5, 0.6) is 0 Å². The van der Waals surface area contributed by atoms with Crippen LogP contribution in [-0.4, -0.2) is 160 Å². The molecule has 3 aliphatic rings. The van der Waals surface area contributed by atoms with Gasteiger partial charge in [-0.25, -0.2) is 0 Å². The van der Waals surface area contributed by atoms with Gasteiger partial charge >= 0.3 is 0 Å². The quantitative estimate of drug-likeness (QED) is 0.0994. The summed E-state index contributed by atoms with van der Waals surface area (Å²) < 4.78 is 17.8. The number of rotatable bonds is 12. The van der Waals surface area contributed by atoms with Crippen molar-refractivity contribution in [2.45, 2.75) is 105 Å². The van der Waals surface area contributed by atoms with Gasteiger partial charge in [0.15, 0.2) is 6.29 Å². The Labute approximate surface area is 238 Å². The van der Waals surface area contributed by atoms with Crippen molar-refractivity contribution in [3.63, 3.8) is 0 Å². The Morgan fingerprint density at radius 3 is 2.34 bits per heavy atom. The van der Waals surface area contributed by atoms with Gasteiger partial charge in [-0.3, -0.25) is 4.79 Å². The lowest BCUT2D eigenvalue weighted by molar-refractivity contribution is -0.306. The molecule has 0 spiro atoms. The van der Waals surface area contributed by atoms with Crippen molar-refractivity contribution < 1.29 is 54.8 Å². The van der Waals surface area contributed by atoms with Crippen LogP contribution in [-0.2, 0) is 19.0 Å². The van der Waals surface area contributed by atoms with Gasteiger partial charge in [-0.2, -0.15) is 0 Å². The molecule has 17 nitrogen and oxygen atoms in total. The predicted octanol–water partition coefficient (Wildman–Crippen LogP) is -7.53. The summed E-state index contributed by atoms with van der Waals surface area (Å²) in [6.07, 6.45) is -10.7. The molecule has 15 unspecified atom stereocenters. The number of carbonyl (C=O) groups excluding carboxylic acids is 1. The Kier molecular flexibility index (Phi) is 13.0. The van der Waals surface area contributed by atoms with Crippen LogP contribution in [0, 0.1) is 5.92 Å². The van der Waals surface area contributed by atoms with E-state index < -0.39 is 104 Å². The highest BCUT2D eigenvalue weighted by Crippen LogP contribution is 2.36. The van der Waals surface area contributed by atoms with Crippen LogP contribution in [0.3, 0.4) is 0 Å². The van der Waals surface area contributed by atoms with Crippen LogP contribution in [0.15, 0.2) is 0 Å². The zero-order valence-electron chi connectivity index (χ0n) is 22.9. The molecule has 0 aromatic carbocycles. The van der Waals surface area contributed by atoms with E-state index in [1.165, 1.54) is 0 Å². The first-order valence-electron chi connectivity index (χ1n) is 14.0. The molecule has 2 saturated heterocycles. The molecule has 1 saturated carbocycles. The van der Waals surface area contributed by atoms with E-state index in [2.05, 4.69) is 10.6 Å². The van der Waals surface area contributed by atoms with Crippen molar-refractivity contribution in [1.29, 1.82) is 0 Å². The van der Waals surface area contributed by atoms with E-state index in [-0.39, 0.29) is 25.6 Å². The second kappa shape index (κ2) is 15.6. The summed E-state index contributed by atoms with van der Waals surface area (Å²) in [5.74, 6) is -1.63. The van der Waals surface area contributed by atoms with Crippen molar-refractivity contribution in [3.05, 3.63) is 0 Å². The molecule has 0 aromatic rings. The Bertz CT molecular complexity index is 818. The Hall–Kier alpha value is -1.13. The fourth-order valence-corrected chi connectivity index (χ4v) is 5.75. The topological polar surface area (TPSA) is 315 Å². The van der Waals surface area contributed by atoms with Crippen molar-refractivity contribution in [3.8, 4) is 0 Å². The van der Waals surface area contributed by atoms with E-state index >= 15 is 0 Å². The number of ether oxygens (including phenoxy) is 3. The number of hydrogen-bond acceptors (Lipinski definition) is 16. The maximum Gasteiger partial charge on any atom is 0.250 e. The third-order valence-corrected chi connectivity index (χ3v) is 8.17. The zero-order chi connectivity index (χ0) is 30.4. The van der Waals surface area contributed by atoms with E-state index in [1.54, 1.807) is 0 Å². The molecule has 41 heavy (non-hydrogen) atoms. The Morgan fingerprint density at radius 2 is 1.71 bits per heavy atom. The normalized spacial score (nSPS) is 43.3. The van der Waals surface area contributed by atoms with Crippen LogP contribution in [0.25, 0.3) is 0 Å². The molecule has 1 amide bonds. The Morgan fingerprint density at radius 1 is 1.00 bits per heavy atom. The molecule has 17 heteroatoms. The highest BCUT2D eigenvalue weighted by atomic mass is 16.7. The molecule has 0 bridgehead atoms. The van der Waals surface area contributed by atoms with Gasteiger partial charge in [0.1, 0.15) is 30.5 Å². The molecule has 2 heterocycles. The second-order valence-electron chi connectivity index (χ2n) is 11.2. The maximum atomic E-state index is 12.5. The minimum atomic E-state index is -1.56. The molecule has 1 aliphatic carbocycles. The molecule has 15 atom stereocenters. The number of amides is 1. The number of nitrogens with two attached hydrogens (primary N) is 4. The van der Waals surface area contributed by atoms with Crippen molar-refractivity contribution in [2.24, 2.45) is 28.9 Å². The van der Waals surface area contributed by atoms with Gasteiger partial charge in [0.25, 0.3) is 0 Å². The van der Waals surface area contributed by atoms with E-state index in [9.17, 15) is 35.4 Å². The van der Waals surface area contributed by atoms with Gasteiger partial charge in [0.05, 0.1) is 49.7 Å². The summed E-state index contributed by atoms with van der Waals surface area (Å²) in [5.41, 5.74) is 24.2. The molecule has 2 aliphatic heterocycles. The molecule has 0 aromatic heterocycles. The maximum absolute atomic E-state index is 12.5. The lowest BCUT2D eigenvalue weighted by Gasteiger charge is -2.51. The largest absolute Gasteiger partial charge is 0.394 e. The molecule has 240 valence electrons.